The number of para-hydroxylation sites is 3. The van der Waals surface area contributed by atoms with E-state index in [9.17, 15) is 14.4 Å². The average molecular weight is 381 g/mol. The summed E-state index contributed by atoms with van der Waals surface area (Å²) in [6, 6.07) is 13.1. The maximum absolute atomic E-state index is 12.4. The Morgan fingerprint density at radius 2 is 1.82 bits per heavy atom. The molecule has 0 saturated carbocycles. The fraction of sp³-hybridized carbons (Fsp3) is 0.250. The summed E-state index contributed by atoms with van der Waals surface area (Å²) in [5.74, 6) is 0.101. The largest absolute Gasteiger partial charge is 0.486 e. The van der Waals surface area contributed by atoms with E-state index in [1.54, 1.807) is 30.3 Å². The molecule has 2 aromatic carbocycles. The fourth-order valence-corrected chi connectivity index (χ4v) is 3.10. The number of fused-ring (bicyclic) bond motifs is 2. The highest BCUT2D eigenvalue weighted by Crippen LogP contribution is 2.30. The van der Waals surface area contributed by atoms with Crippen molar-refractivity contribution in [1.29, 1.82) is 0 Å². The summed E-state index contributed by atoms with van der Waals surface area (Å²) >= 11 is 0. The summed E-state index contributed by atoms with van der Waals surface area (Å²) in [7, 11) is 0. The minimum absolute atomic E-state index is 0.171. The molecule has 0 aromatic heterocycles. The van der Waals surface area contributed by atoms with Crippen LogP contribution in [0.15, 0.2) is 48.5 Å². The molecule has 0 saturated heterocycles. The first kappa shape index (κ1) is 17.8. The third-order valence-electron chi connectivity index (χ3n) is 4.54. The number of hydrogen-bond donors (Lipinski definition) is 3. The van der Waals surface area contributed by atoms with Gasteiger partial charge in [-0.05, 0) is 24.3 Å². The summed E-state index contributed by atoms with van der Waals surface area (Å²) in [6.45, 7) is 0.545. The van der Waals surface area contributed by atoms with E-state index in [1.165, 1.54) is 0 Å². The molecule has 4 rings (SSSR count). The molecule has 0 fully saturated rings. The highest BCUT2D eigenvalue weighted by Gasteiger charge is 2.30. The predicted molar refractivity (Wildman–Crippen MR) is 100 cm³/mol. The van der Waals surface area contributed by atoms with E-state index in [1.807, 2.05) is 18.2 Å². The highest BCUT2D eigenvalue weighted by molar-refractivity contribution is 6.10. The van der Waals surface area contributed by atoms with Gasteiger partial charge in [0, 0.05) is 0 Å². The van der Waals surface area contributed by atoms with Gasteiger partial charge in [-0.25, -0.2) is 0 Å². The Bertz CT molecular complexity index is 930. The number of carbonyl (C=O) groups excluding carboxylic acids is 3. The molecular formula is C20H19N3O5. The molecule has 28 heavy (non-hydrogen) atoms. The van der Waals surface area contributed by atoms with Crippen LogP contribution >= 0.6 is 0 Å². The van der Waals surface area contributed by atoms with Crippen LogP contribution in [0.5, 0.6) is 11.5 Å². The third kappa shape index (κ3) is 3.75. The minimum atomic E-state index is -0.954. The fourth-order valence-electron chi connectivity index (χ4n) is 3.10. The smallest absolute Gasteiger partial charge is 0.254 e. The topological polar surface area (TPSA) is 106 Å². The molecule has 0 bridgehead atoms. The Morgan fingerprint density at radius 1 is 1.07 bits per heavy atom. The van der Waals surface area contributed by atoms with E-state index in [4.69, 9.17) is 9.47 Å². The lowest BCUT2D eigenvalue weighted by Gasteiger charge is -2.26. The van der Waals surface area contributed by atoms with Gasteiger partial charge in [0.15, 0.2) is 11.5 Å². The summed E-state index contributed by atoms with van der Waals surface area (Å²) in [4.78, 5) is 36.9. The van der Waals surface area contributed by atoms with Gasteiger partial charge in [0.05, 0.1) is 24.2 Å². The number of benzene rings is 2. The number of hydrogen-bond acceptors (Lipinski definition) is 5. The summed E-state index contributed by atoms with van der Waals surface area (Å²) < 4.78 is 11.4. The van der Waals surface area contributed by atoms with Crippen LogP contribution in [0, 0.1) is 0 Å². The van der Waals surface area contributed by atoms with Gasteiger partial charge in [0.1, 0.15) is 18.8 Å². The maximum atomic E-state index is 12.4. The molecule has 2 aliphatic rings. The van der Waals surface area contributed by atoms with Crippen molar-refractivity contribution in [1.82, 2.24) is 10.6 Å². The molecule has 8 heteroatoms. The number of carbonyl (C=O) groups is 3. The van der Waals surface area contributed by atoms with E-state index in [0.29, 0.717) is 29.4 Å². The van der Waals surface area contributed by atoms with Gasteiger partial charge in [0.25, 0.3) is 5.91 Å². The number of anilines is 1. The Labute approximate surface area is 161 Å². The van der Waals surface area contributed by atoms with Crippen molar-refractivity contribution in [3.63, 3.8) is 0 Å². The average Bonchev–Trinajstić information content (AvgIpc) is 2.82. The molecule has 144 valence electrons. The van der Waals surface area contributed by atoms with E-state index in [0.717, 1.165) is 0 Å². The normalized spacial score (nSPS) is 20.3. The molecule has 2 aliphatic heterocycles. The maximum Gasteiger partial charge on any atom is 0.254 e. The van der Waals surface area contributed by atoms with Crippen molar-refractivity contribution in [2.24, 2.45) is 0 Å². The number of rotatable bonds is 4. The SMILES string of the molecule is O=C(C[C@@H]1NC(=O)c2ccccc2NC1=O)NC[C@@H]1COc2ccccc2O1. The predicted octanol–water partition coefficient (Wildman–Crippen LogP) is 1.08. The lowest BCUT2D eigenvalue weighted by molar-refractivity contribution is -0.126. The van der Waals surface area contributed by atoms with Gasteiger partial charge in [-0.15, -0.1) is 0 Å². The van der Waals surface area contributed by atoms with Crippen LogP contribution in [0.25, 0.3) is 0 Å². The summed E-state index contributed by atoms with van der Waals surface area (Å²) in [5, 5.41) is 8.01. The van der Waals surface area contributed by atoms with Crippen LogP contribution in [0.3, 0.4) is 0 Å². The lowest BCUT2D eigenvalue weighted by atomic mass is 10.1. The highest BCUT2D eigenvalue weighted by atomic mass is 16.6. The standard InChI is InChI=1S/C20H19N3O5/c24-18(21-10-12-11-27-16-7-3-4-8-17(16)28-12)9-15-20(26)22-14-6-2-1-5-13(14)19(25)23-15/h1-8,12,15H,9-11H2,(H,21,24)(H,22,26)(H,23,25)/t12-,15+/m1/s1. The van der Waals surface area contributed by atoms with Gasteiger partial charge in [-0.1, -0.05) is 24.3 Å². The molecule has 8 nitrogen and oxygen atoms in total. The summed E-state index contributed by atoms with van der Waals surface area (Å²) in [6.07, 6.45) is -0.504. The molecule has 3 N–H and O–H groups in total. The van der Waals surface area contributed by atoms with Crippen LogP contribution in [0.1, 0.15) is 16.8 Å². The first-order valence-electron chi connectivity index (χ1n) is 8.96. The molecule has 3 amide bonds. The second kappa shape index (κ2) is 7.59. The number of amides is 3. The van der Waals surface area contributed by atoms with Crippen molar-refractivity contribution < 1.29 is 23.9 Å². The Balaban J connectivity index is 1.32. The molecule has 0 aliphatic carbocycles. The second-order valence-electron chi connectivity index (χ2n) is 6.57. The Kier molecular flexibility index (Phi) is 4.84. The minimum Gasteiger partial charge on any atom is -0.486 e. The van der Waals surface area contributed by atoms with Gasteiger partial charge < -0.3 is 25.4 Å². The summed E-state index contributed by atoms with van der Waals surface area (Å²) in [5.41, 5.74) is 0.796. The van der Waals surface area contributed by atoms with Crippen LogP contribution in [-0.2, 0) is 9.59 Å². The zero-order chi connectivity index (χ0) is 19.5. The van der Waals surface area contributed by atoms with Crippen LogP contribution < -0.4 is 25.4 Å². The van der Waals surface area contributed by atoms with Crippen LogP contribution in [-0.4, -0.2) is 43.0 Å². The van der Waals surface area contributed by atoms with E-state index in [2.05, 4.69) is 16.0 Å². The quantitative estimate of drug-likeness (QED) is 0.735. The molecule has 2 aromatic rings. The second-order valence-corrected chi connectivity index (χ2v) is 6.57. The zero-order valence-corrected chi connectivity index (χ0v) is 14.9. The number of ether oxygens (including phenoxy) is 2. The first-order valence-corrected chi connectivity index (χ1v) is 8.96. The van der Waals surface area contributed by atoms with Crippen molar-refractivity contribution in [3.8, 4) is 11.5 Å². The van der Waals surface area contributed by atoms with Crippen molar-refractivity contribution >= 4 is 23.4 Å². The van der Waals surface area contributed by atoms with Gasteiger partial charge >= 0.3 is 0 Å². The Morgan fingerprint density at radius 3 is 2.68 bits per heavy atom. The van der Waals surface area contributed by atoms with Crippen LogP contribution in [0.4, 0.5) is 5.69 Å². The van der Waals surface area contributed by atoms with Crippen LogP contribution in [0.2, 0.25) is 0 Å². The number of nitrogens with one attached hydrogen (secondary N) is 3. The monoisotopic (exact) mass is 381 g/mol. The first-order chi connectivity index (χ1) is 13.6. The van der Waals surface area contributed by atoms with E-state index in [-0.39, 0.29) is 25.0 Å². The van der Waals surface area contributed by atoms with E-state index < -0.39 is 17.9 Å². The van der Waals surface area contributed by atoms with Gasteiger partial charge in [-0.3, -0.25) is 14.4 Å². The third-order valence-corrected chi connectivity index (χ3v) is 4.54. The van der Waals surface area contributed by atoms with Gasteiger partial charge in [0.2, 0.25) is 11.8 Å². The molecule has 2 heterocycles. The molecule has 0 unspecified atom stereocenters. The van der Waals surface area contributed by atoms with E-state index >= 15 is 0 Å². The molecular weight excluding hydrogens is 362 g/mol. The van der Waals surface area contributed by atoms with Crippen molar-refractivity contribution in [2.75, 3.05) is 18.5 Å². The molecule has 0 radical (unpaired) electrons. The van der Waals surface area contributed by atoms with Crippen molar-refractivity contribution in [2.45, 2.75) is 18.6 Å². The molecule has 0 spiro atoms. The van der Waals surface area contributed by atoms with Gasteiger partial charge in [-0.2, -0.15) is 0 Å². The zero-order valence-electron chi connectivity index (χ0n) is 14.9. The lowest BCUT2D eigenvalue weighted by Crippen LogP contribution is -2.46. The van der Waals surface area contributed by atoms with Crippen molar-refractivity contribution in [3.05, 3.63) is 54.1 Å². The molecule has 2 atom stereocenters. The Hall–Kier alpha value is -3.55.